The lowest BCUT2D eigenvalue weighted by Gasteiger charge is -2.16. The zero-order chi connectivity index (χ0) is 13.1. The van der Waals surface area contributed by atoms with E-state index in [9.17, 15) is 4.79 Å². The Morgan fingerprint density at radius 2 is 2.33 bits per heavy atom. The van der Waals surface area contributed by atoms with E-state index in [0.717, 1.165) is 42.2 Å². The number of aryl methyl sites for hydroxylation is 1. The molecule has 0 aromatic heterocycles. The van der Waals surface area contributed by atoms with Crippen LogP contribution < -0.4 is 0 Å². The third kappa shape index (κ3) is 3.47. The fraction of sp³-hybridized carbons (Fsp3) is 0.500. The molecule has 1 saturated heterocycles. The summed E-state index contributed by atoms with van der Waals surface area (Å²) in [7, 11) is 0. The highest BCUT2D eigenvalue weighted by atomic mass is 35.5. The lowest BCUT2D eigenvalue weighted by atomic mass is 10.1. The normalized spacial score (nSPS) is 20.2. The first-order chi connectivity index (χ1) is 8.54. The van der Waals surface area contributed by atoms with Gasteiger partial charge in [-0.25, -0.2) is 0 Å². The Hall–Kier alpha value is -1.06. The molecule has 1 atom stereocenters. The molecular weight excluding hydrogens is 250 g/mol. The highest BCUT2D eigenvalue weighted by Gasteiger charge is 2.24. The highest BCUT2D eigenvalue weighted by Crippen LogP contribution is 2.24. The molecule has 1 heterocycles. The van der Waals surface area contributed by atoms with Crippen molar-refractivity contribution in [3.8, 4) is 0 Å². The SMILES string of the molecule is Cc1ccc(CN2CCC(CC(=O)O)C2)c(Cl)c1. The van der Waals surface area contributed by atoms with Gasteiger partial charge in [0.25, 0.3) is 0 Å². The smallest absolute Gasteiger partial charge is 0.303 e. The van der Waals surface area contributed by atoms with E-state index in [2.05, 4.69) is 17.0 Å². The summed E-state index contributed by atoms with van der Waals surface area (Å²) in [6, 6.07) is 6.09. The average Bonchev–Trinajstić information content (AvgIpc) is 2.69. The third-order valence-electron chi connectivity index (χ3n) is 3.44. The molecule has 3 nitrogen and oxygen atoms in total. The van der Waals surface area contributed by atoms with Crippen LogP contribution in [0.5, 0.6) is 0 Å². The summed E-state index contributed by atoms with van der Waals surface area (Å²) >= 11 is 6.21. The van der Waals surface area contributed by atoms with E-state index < -0.39 is 5.97 Å². The van der Waals surface area contributed by atoms with Crippen molar-refractivity contribution in [1.82, 2.24) is 4.90 Å². The van der Waals surface area contributed by atoms with Gasteiger partial charge in [0.1, 0.15) is 0 Å². The molecule has 2 rings (SSSR count). The van der Waals surface area contributed by atoms with Gasteiger partial charge in [-0.3, -0.25) is 9.69 Å². The molecule has 0 saturated carbocycles. The zero-order valence-electron chi connectivity index (χ0n) is 10.5. The maximum absolute atomic E-state index is 10.7. The first kappa shape index (κ1) is 13.4. The molecule has 98 valence electrons. The summed E-state index contributed by atoms with van der Waals surface area (Å²) in [4.78, 5) is 13.0. The standard InChI is InChI=1S/C14H18ClNO2/c1-10-2-3-12(13(15)6-10)9-16-5-4-11(8-16)7-14(17)18/h2-3,6,11H,4-5,7-9H2,1H3,(H,17,18). The van der Waals surface area contributed by atoms with Crippen molar-refractivity contribution in [1.29, 1.82) is 0 Å². The van der Waals surface area contributed by atoms with E-state index in [1.807, 2.05) is 13.0 Å². The molecular formula is C14H18ClNO2. The number of hydrogen-bond donors (Lipinski definition) is 1. The molecule has 4 heteroatoms. The van der Waals surface area contributed by atoms with Crippen LogP contribution in [0.2, 0.25) is 5.02 Å². The maximum Gasteiger partial charge on any atom is 0.303 e. The molecule has 1 aliphatic heterocycles. The highest BCUT2D eigenvalue weighted by molar-refractivity contribution is 6.31. The fourth-order valence-electron chi connectivity index (χ4n) is 2.49. The van der Waals surface area contributed by atoms with Crippen molar-refractivity contribution >= 4 is 17.6 Å². The zero-order valence-corrected chi connectivity index (χ0v) is 11.3. The number of benzene rings is 1. The summed E-state index contributed by atoms with van der Waals surface area (Å²) in [5.41, 5.74) is 2.28. The third-order valence-corrected chi connectivity index (χ3v) is 3.79. The topological polar surface area (TPSA) is 40.5 Å². The quantitative estimate of drug-likeness (QED) is 0.912. The Kier molecular flexibility index (Phi) is 4.25. The van der Waals surface area contributed by atoms with Gasteiger partial charge < -0.3 is 5.11 Å². The van der Waals surface area contributed by atoms with Gasteiger partial charge in [0.05, 0.1) is 0 Å². The minimum atomic E-state index is -0.699. The van der Waals surface area contributed by atoms with Crippen molar-refractivity contribution in [3.63, 3.8) is 0 Å². The molecule has 0 bridgehead atoms. The summed E-state index contributed by atoms with van der Waals surface area (Å²) in [5.74, 6) is -0.415. The molecule has 0 amide bonds. The molecule has 1 aliphatic rings. The van der Waals surface area contributed by atoms with Gasteiger partial charge in [0.15, 0.2) is 0 Å². The second-order valence-corrected chi connectivity index (χ2v) is 5.49. The largest absolute Gasteiger partial charge is 0.481 e. The van der Waals surface area contributed by atoms with Crippen molar-refractivity contribution in [2.75, 3.05) is 13.1 Å². The first-order valence-electron chi connectivity index (χ1n) is 6.24. The van der Waals surface area contributed by atoms with Crippen LogP contribution >= 0.6 is 11.6 Å². The van der Waals surface area contributed by atoms with Crippen LogP contribution in [0.25, 0.3) is 0 Å². The van der Waals surface area contributed by atoms with Crippen molar-refractivity contribution in [3.05, 3.63) is 34.3 Å². The number of halogens is 1. The van der Waals surface area contributed by atoms with Gasteiger partial charge >= 0.3 is 5.97 Å². The summed E-state index contributed by atoms with van der Waals surface area (Å²) in [6.07, 6.45) is 1.24. The molecule has 18 heavy (non-hydrogen) atoms. The average molecular weight is 268 g/mol. The maximum atomic E-state index is 10.7. The van der Waals surface area contributed by atoms with Crippen LogP contribution in [0.3, 0.4) is 0 Å². The Labute approximate surface area is 112 Å². The first-order valence-corrected chi connectivity index (χ1v) is 6.61. The minimum absolute atomic E-state index is 0.276. The van der Waals surface area contributed by atoms with Crippen LogP contribution in [-0.4, -0.2) is 29.1 Å². The van der Waals surface area contributed by atoms with Crippen LogP contribution in [0.1, 0.15) is 24.0 Å². The molecule has 1 N–H and O–H groups in total. The minimum Gasteiger partial charge on any atom is -0.481 e. The van der Waals surface area contributed by atoms with Crippen LogP contribution in [0.15, 0.2) is 18.2 Å². The monoisotopic (exact) mass is 267 g/mol. The molecule has 0 radical (unpaired) electrons. The van der Waals surface area contributed by atoms with Gasteiger partial charge in [0.2, 0.25) is 0 Å². The number of hydrogen-bond acceptors (Lipinski definition) is 2. The second-order valence-electron chi connectivity index (χ2n) is 5.08. The molecule has 1 aromatic rings. The lowest BCUT2D eigenvalue weighted by Crippen LogP contribution is -2.21. The summed E-state index contributed by atoms with van der Waals surface area (Å²) in [5, 5.41) is 9.59. The Morgan fingerprint density at radius 1 is 1.56 bits per heavy atom. The van der Waals surface area contributed by atoms with E-state index in [4.69, 9.17) is 16.7 Å². The van der Waals surface area contributed by atoms with Crippen LogP contribution in [0, 0.1) is 12.8 Å². The number of carboxylic acids is 1. The Morgan fingerprint density at radius 3 is 3.00 bits per heavy atom. The number of nitrogens with zero attached hydrogens (tertiary/aromatic N) is 1. The molecule has 1 aromatic carbocycles. The van der Waals surface area contributed by atoms with E-state index in [0.29, 0.717) is 0 Å². The number of likely N-dealkylation sites (tertiary alicyclic amines) is 1. The Bertz CT molecular complexity index is 447. The molecule has 1 unspecified atom stereocenters. The number of rotatable bonds is 4. The van der Waals surface area contributed by atoms with E-state index in [1.54, 1.807) is 0 Å². The van der Waals surface area contributed by atoms with Gasteiger partial charge in [-0.15, -0.1) is 0 Å². The van der Waals surface area contributed by atoms with Crippen molar-refractivity contribution in [2.45, 2.75) is 26.3 Å². The summed E-state index contributed by atoms with van der Waals surface area (Å²) in [6.45, 7) is 4.66. The van der Waals surface area contributed by atoms with Gasteiger partial charge in [-0.05, 0) is 43.0 Å². The van der Waals surface area contributed by atoms with Crippen LogP contribution in [-0.2, 0) is 11.3 Å². The predicted octanol–water partition coefficient (Wildman–Crippen LogP) is 2.95. The van der Waals surface area contributed by atoms with Crippen LogP contribution in [0.4, 0.5) is 0 Å². The van der Waals surface area contributed by atoms with E-state index in [1.165, 1.54) is 0 Å². The van der Waals surface area contributed by atoms with Gasteiger partial charge in [-0.1, -0.05) is 23.7 Å². The van der Waals surface area contributed by atoms with E-state index in [-0.39, 0.29) is 12.3 Å². The van der Waals surface area contributed by atoms with Crippen molar-refractivity contribution < 1.29 is 9.90 Å². The molecule has 1 fully saturated rings. The van der Waals surface area contributed by atoms with E-state index >= 15 is 0 Å². The van der Waals surface area contributed by atoms with Crippen molar-refractivity contribution in [2.24, 2.45) is 5.92 Å². The summed E-state index contributed by atoms with van der Waals surface area (Å²) < 4.78 is 0. The van der Waals surface area contributed by atoms with Gasteiger partial charge in [0, 0.05) is 24.5 Å². The number of carboxylic acid groups (broad SMARTS) is 1. The number of carbonyl (C=O) groups is 1. The Balaban J connectivity index is 1.93. The molecule has 0 aliphatic carbocycles. The second kappa shape index (κ2) is 5.72. The fourth-order valence-corrected chi connectivity index (χ4v) is 2.79. The number of aliphatic carboxylic acids is 1. The van der Waals surface area contributed by atoms with Gasteiger partial charge in [-0.2, -0.15) is 0 Å². The molecule has 0 spiro atoms. The predicted molar refractivity (Wildman–Crippen MR) is 71.8 cm³/mol. The lowest BCUT2D eigenvalue weighted by molar-refractivity contribution is -0.138.